The quantitative estimate of drug-likeness (QED) is 0.789. The summed E-state index contributed by atoms with van der Waals surface area (Å²) in [5.74, 6) is 3.63. The summed E-state index contributed by atoms with van der Waals surface area (Å²) in [4.78, 5) is 6.93. The fourth-order valence-electron chi connectivity index (χ4n) is 4.10. The first kappa shape index (κ1) is 14.9. The van der Waals surface area contributed by atoms with Crippen molar-refractivity contribution >= 4 is 11.1 Å². The van der Waals surface area contributed by atoms with Crippen molar-refractivity contribution in [3.63, 3.8) is 0 Å². The fraction of sp³-hybridized carbons (Fsp3) is 0.500. The Morgan fingerprint density at radius 3 is 3.12 bits per heavy atom. The fourth-order valence-corrected chi connectivity index (χ4v) is 4.10. The maximum Gasteiger partial charge on any atom is 0.209 e. The summed E-state index contributed by atoms with van der Waals surface area (Å²) in [7, 11) is 0. The van der Waals surface area contributed by atoms with Gasteiger partial charge in [-0.05, 0) is 37.9 Å². The molecule has 2 aromatic heterocycles. The van der Waals surface area contributed by atoms with E-state index in [1.54, 1.807) is 18.2 Å². The van der Waals surface area contributed by atoms with Crippen LogP contribution in [0.4, 0.5) is 0 Å². The minimum atomic E-state index is 0.203. The third-order valence-corrected chi connectivity index (χ3v) is 5.28. The molecule has 2 aliphatic heterocycles. The first-order valence-corrected chi connectivity index (χ1v) is 8.99. The van der Waals surface area contributed by atoms with Crippen LogP contribution in [0.5, 0.6) is 5.75 Å². The molecule has 0 saturated carbocycles. The number of fused-ring (bicyclic) bond motifs is 2. The standard InChI is InChI=1S/C18H21N5O2/c24-13-5-6-14-15(9-13)25-17(19-14)11-22-7-1-3-12(10-22)18-21-20-16-4-2-8-23(16)18/h5-6,9,12,24H,1-4,7-8,10-11H2. The molecule has 25 heavy (non-hydrogen) atoms. The van der Waals surface area contributed by atoms with E-state index in [0.717, 1.165) is 56.1 Å². The van der Waals surface area contributed by atoms with E-state index < -0.39 is 0 Å². The maximum absolute atomic E-state index is 9.56. The number of aryl methyl sites for hydroxylation is 1. The molecular weight excluding hydrogens is 318 g/mol. The van der Waals surface area contributed by atoms with Gasteiger partial charge in [0.25, 0.3) is 0 Å². The zero-order chi connectivity index (χ0) is 16.8. The van der Waals surface area contributed by atoms with Crippen LogP contribution in [-0.4, -0.2) is 42.8 Å². The predicted octanol–water partition coefficient (Wildman–Crippen LogP) is 2.45. The number of phenols is 1. The molecule has 1 fully saturated rings. The Labute approximate surface area is 145 Å². The number of hydrogen-bond acceptors (Lipinski definition) is 6. The number of oxazole rings is 1. The molecule has 7 heteroatoms. The van der Waals surface area contributed by atoms with Gasteiger partial charge in [0.15, 0.2) is 5.58 Å². The summed E-state index contributed by atoms with van der Waals surface area (Å²) in [6, 6.07) is 5.04. The van der Waals surface area contributed by atoms with Crippen molar-refractivity contribution in [2.24, 2.45) is 0 Å². The lowest BCUT2D eigenvalue weighted by Crippen LogP contribution is -2.35. The van der Waals surface area contributed by atoms with E-state index in [0.29, 0.717) is 23.9 Å². The van der Waals surface area contributed by atoms with Crippen molar-refractivity contribution in [2.45, 2.75) is 44.7 Å². The molecule has 0 amide bonds. The second kappa shape index (κ2) is 5.84. The number of phenolic OH excluding ortho intramolecular Hbond substituents is 1. The highest BCUT2D eigenvalue weighted by molar-refractivity contribution is 5.74. The zero-order valence-electron chi connectivity index (χ0n) is 14.1. The molecule has 0 radical (unpaired) electrons. The van der Waals surface area contributed by atoms with Gasteiger partial charge in [-0.3, -0.25) is 4.90 Å². The van der Waals surface area contributed by atoms with Crippen LogP contribution >= 0.6 is 0 Å². The molecule has 0 bridgehead atoms. The van der Waals surface area contributed by atoms with Crippen LogP contribution in [0.2, 0.25) is 0 Å². The van der Waals surface area contributed by atoms with Crippen molar-refractivity contribution in [1.82, 2.24) is 24.6 Å². The number of piperidine rings is 1. The Hall–Kier alpha value is -2.41. The van der Waals surface area contributed by atoms with Gasteiger partial charge in [-0.15, -0.1) is 10.2 Å². The molecule has 5 rings (SSSR count). The minimum absolute atomic E-state index is 0.203. The van der Waals surface area contributed by atoms with Gasteiger partial charge in [0, 0.05) is 31.5 Å². The number of aromatic hydroxyl groups is 1. The highest BCUT2D eigenvalue weighted by atomic mass is 16.3. The van der Waals surface area contributed by atoms with Crippen molar-refractivity contribution in [2.75, 3.05) is 13.1 Å². The van der Waals surface area contributed by atoms with E-state index in [-0.39, 0.29) is 5.75 Å². The van der Waals surface area contributed by atoms with Crippen LogP contribution in [0.1, 0.15) is 42.7 Å². The van der Waals surface area contributed by atoms with Crippen molar-refractivity contribution in [1.29, 1.82) is 0 Å². The number of aromatic nitrogens is 4. The number of likely N-dealkylation sites (tertiary alicyclic amines) is 1. The largest absolute Gasteiger partial charge is 0.508 e. The van der Waals surface area contributed by atoms with Crippen molar-refractivity contribution in [3.05, 3.63) is 35.7 Å². The van der Waals surface area contributed by atoms with Crippen LogP contribution in [0.15, 0.2) is 22.6 Å². The zero-order valence-corrected chi connectivity index (χ0v) is 14.1. The van der Waals surface area contributed by atoms with E-state index in [1.165, 1.54) is 6.42 Å². The summed E-state index contributed by atoms with van der Waals surface area (Å²) in [5.41, 5.74) is 1.43. The lowest BCUT2D eigenvalue weighted by Gasteiger charge is -2.31. The Kier molecular flexibility index (Phi) is 3.48. The number of rotatable bonds is 3. The summed E-state index contributed by atoms with van der Waals surface area (Å²) in [6.07, 6.45) is 4.55. The second-order valence-corrected chi connectivity index (χ2v) is 7.06. The van der Waals surface area contributed by atoms with Crippen molar-refractivity contribution < 1.29 is 9.52 Å². The van der Waals surface area contributed by atoms with E-state index in [4.69, 9.17) is 4.42 Å². The van der Waals surface area contributed by atoms with Gasteiger partial charge in [-0.2, -0.15) is 0 Å². The molecule has 130 valence electrons. The van der Waals surface area contributed by atoms with Gasteiger partial charge in [-0.25, -0.2) is 4.98 Å². The molecule has 0 spiro atoms. The Balaban J connectivity index is 1.33. The van der Waals surface area contributed by atoms with Crippen LogP contribution in [0, 0.1) is 0 Å². The van der Waals surface area contributed by atoms with Crippen molar-refractivity contribution in [3.8, 4) is 5.75 Å². The van der Waals surface area contributed by atoms with Gasteiger partial charge in [0.05, 0.1) is 6.54 Å². The maximum atomic E-state index is 9.56. The number of hydrogen-bond donors (Lipinski definition) is 1. The average Bonchev–Trinajstić information content (AvgIpc) is 3.29. The van der Waals surface area contributed by atoms with E-state index in [9.17, 15) is 5.11 Å². The molecule has 1 atom stereocenters. The second-order valence-electron chi connectivity index (χ2n) is 7.06. The van der Waals surface area contributed by atoms with E-state index in [1.807, 2.05) is 0 Å². The molecule has 1 aromatic carbocycles. The van der Waals surface area contributed by atoms with Gasteiger partial charge in [0.2, 0.25) is 5.89 Å². The van der Waals surface area contributed by atoms with E-state index >= 15 is 0 Å². The predicted molar refractivity (Wildman–Crippen MR) is 91.3 cm³/mol. The van der Waals surface area contributed by atoms with Crippen LogP contribution < -0.4 is 0 Å². The van der Waals surface area contributed by atoms with Crippen LogP contribution in [-0.2, 0) is 19.5 Å². The molecule has 1 saturated heterocycles. The molecule has 3 aromatic rings. The monoisotopic (exact) mass is 339 g/mol. The highest BCUT2D eigenvalue weighted by Gasteiger charge is 2.28. The molecule has 0 aliphatic carbocycles. The lowest BCUT2D eigenvalue weighted by atomic mass is 9.97. The topological polar surface area (TPSA) is 80.2 Å². The summed E-state index contributed by atoms with van der Waals surface area (Å²) in [6.45, 7) is 3.75. The number of nitrogens with zero attached hydrogens (tertiary/aromatic N) is 5. The molecule has 1 N–H and O–H groups in total. The van der Waals surface area contributed by atoms with Gasteiger partial charge >= 0.3 is 0 Å². The van der Waals surface area contributed by atoms with Gasteiger partial charge in [-0.1, -0.05) is 0 Å². The number of benzene rings is 1. The van der Waals surface area contributed by atoms with Crippen LogP contribution in [0.3, 0.4) is 0 Å². The molecule has 2 aliphatic rings. The van der Waals surface area contributed by atoms with Crippen LogP contribution in [0.25, 0.3) is 11.1 Å². The molecule has 7 nitrogen and oxygen atoms in total. The third-order valence-electron chi connectivity index (χ3n) is 5.28. The third kappa shape index (κ3) is 2.68. The summed E-state index contributed by atoms with van der Waals surface area (Å²) in [5, 5.41) is 18.4. The first-order valence-electron chi connectivity index (χ1n) is 8.99. The SMILES string of the molecule is Oc1ccc2nc(CN3CCCC(c4nnc5n4CCC5)C3)oc2c1. The molecular formula is C18H21N5O2. The molecule has 1 unspecified atom stereocenters. The summed E-state index contributed by atoms with van der Waals surface area (Å²) >= 11 is 0. The summed E-state index contributed by atoms with van der Waals surface area (Å²) < 4.78 is 8.12. The van der Waals surface area contributed by atoms with Gasteiger partial charge < -0.3 is 14.1 Å². The minimum Gasteiger partial charge on any atom is -0.508 e. The van der Waals surface area contributed by atoms with E-state index in [2.05, 4.69) is 24.6 Å². The first-order chi connectivity index (χ1) is 12.3. The lowest BCUT2D eigenvalue weighted by molar-refractivity contribution is 0.180. The highest BCUT2D eigenvalue weighted by Crippen LogP contribution is 2.29. The Bertz CT molecular complexity index is 915. The smallest absolute Gasteiger partial charge is 0.209 e. The normalized spacial score (nSPS) is 21.0. The van der Waals surface area contributed by atoms with Gasteiger partial charge in [0.1, 0.15) is 22.9 Å². The Morgan fingerprint density at radius 2 is 2.16 bits per heavy atom. The average molecular weight is 339 g/mol. The Morgan fingerprint density at radius 1 is 1.20 bits per heavy atom. The molecule has 4 heterocycles.